The first-order valence-corrected chi connectivity index (χ1v) is 2.47. The molecule has 0 aromatic rings. The highest BCUT2D eigenvalue weighted by molar-refractivity contribution is 4.55. The average molecular weight is 104 g/mol. The lowest BCUT2D eigenvalue weighted by molar-refractivity contribution is 0.311. The molecule has 1 rings (SSSR count). The van der Waals surface area contributed by atoms with Crippen molar-refractivity contribution >= 4 is 0 Å². The van der Waals surface area contributed by atoms with Gasteiger partial charge in [-0.25, -0.2) is 5.90 Å². The van der Waals surface area contributed by atoms with Gasteiger partial charge in [0.05, 0.1) is 0 Å². The Morgan fingerprint density at radius 1 is 1.14 bits per heavy atom. The van der Waals surface area contributed by atoms with E-state index >= 15 is 0 Å². The van der Waals surface area contributed by atoms with Crippen molar-refractivity contribution < 1.29 is 5.21 Å². The predicted octanol–water partition coefficient (Wildman–Crippen LogP) is -0.296. The van der Waals surface area contributed by atoms with E-state index in [2.05, 4.69) is 11.2 Å². The lowest BCUT2D eigenvalue weighted by atomic mass is 10.4. The first kappa shape index (κ1) is 6.88. The van der Waals surface area contributed by atoms with Gasteiger partial charge in [0.15, 0.2) is 0 Å². The van der Waals surface area contributed by atoms with Crippen LogP contribution in [0.3, 0.4) is 0 Å². The molecule has 0 radical (unpaired) electrons. The van der Waals surface area contributed by atoms with Crippen LogP contribution >= 0.6 is 0 Å². The number of nitrogens with one attached hydrogen (secondary N) is 1. The van der Waals surface area contributed by atoms with E-state index in [1.165, 1.54) is 25.9 Å². The Morgan fingerprint density at radius 2 is 1.57 bits per heavy atom. The molecule has 0 saturated carbocycles. The minimum absolute atomic E-state index is 1.25. The number of hydrogen-bond donors (Lipinski definition) is 3. The maximum atomic E-state index is 6.50. The highest BCUT2D eigenvalue weighted by Gasteiger charge is 1.93. The number of hydrogen-bond acceptors (Lipinski definition) is 3. The van der Waals surface area contributed by atoms with Gasteiger partial charge in [-0.15, -0.1) is 0 Å². The molecular formula is C4H12N2O. The van der Waals surface area contributed by atoms with E-state index in [9.17, 15) is 0 Å². The SMILES string of the molecule is C1CCNC1.NO. The van der Waals surface area contributed by atoms with Crippen molar-refractivity contribution in [1.29, 1.82) is 0 Å². The Kier molecular flexibility index (Phi) is 5.78. The number of rotatable bonds is 0. The molecule has 4 N–H and O–H groups in total. The normalized spacial score (nSPS) is 18.0. The third kappa shape index (κ3) is 3.72. The third-order valence-corrected chi connectivity index (χ3v) is 0.957. The van der Waals surface area contributed by atoms with Gasteiger partial charge in [-0.3, -0.25) is 0 Å². The van der Waals surface area contributed by atoms with Gasteiger partial charge in [0, 0.05) is 0 Å². The smallest absolute Gasteiger partial charge is 0.00484 e. The lowest BCUT2D eigenvalue weighted by Gasteiger charge is -1.76. The van der Waals surface area contributed by atoms with E-state index < -0.39 is 0 Å². The summed E-state index contributed by atoms with van der Waals surface area (Å²) >= 11 is 0. The van der Waals surface area contributed by atoms with Crippen LogP contribution in [0.4, 0.5) is 0 Å². The fraction of sp³-hybridized carbons (Fsp3) is 1.00. The summed E-state index contributed by atoms with van der Waals surface area (Å²) < 4.78 is 0. The van der Waals surface area contributed by atoms with Crippen LogP contribution in [0, 0.1) is 0 Å². The fourth-order valence-electron chi connectivity index (χ4n) is 0.625. The topological polar surface area (TPSA) is 58.3 Å². The zero-order valence-corrected chi connectivity index (χ0v) is 4.35. The lowest BCUT2D eigenvalue weighted by Crippen LogP contribution is -2.03. The summed E-state index contributed by atoms with van der Waals surface area (Å²) in [5.74, 6) is 3.50. The molecule has 0 amide bonds. The van der Waals surface area contributed by atoms with Gasteiger partial charge < -0.3 is 10.5 Å². The molecule has 0 aromatic heterocycles. The minimum atomic E-state index is 1.25. The Labute approximate surface area is 43.5 Å². The second kappa shape index (κ2) is 5.88. The molecule has 0 spiro atoms. The Hall–Kier alpha value is -0.120. The summed E-state index contributed by atoms with van der Waals surface area (Å²) in [5, 5.41) is 9.72. The minimum Gasteiger partial charge on any atom is -0.320 e. The van der Waals surface area contributed by atoms with Crippen molar-refractivity contribution in [3.8, 4) is 0 Å². The van der Waals surface area contributed by atoms with E-state index in [0.29, 0.717) is 0 Å². The average Bonchev–Trinajstić information content (AvgIpc) is 2.23. The first-order valence-electron chi connectivity index (χ1n) is 2.47. The molecule has 0 aromatic carbocycles. The van der Waals surface area contributed by atoms with Crippen LogP contribution in [-0.4, -0.2) is 18.3 Å². The van der Waals surface area contributed by atoms with Gasteiger partial charge in [-0.2, -0.15) is 0 Å². The maximum Gasteiger partial charge on any atom is -0.00484 e. The molecule has 1 saturated heterocycles. The first-order chi connectivity index (χ1) is 3.50. The summed E-state index contributed by atoms with van der Waals surface area (Å²) in [6.45, 7) is 2.50. The monoisotopic (exact) mass is 104 g/mol. The van der Waals surface area contributed by atoms with Crippen LogP contribution in [0.15, 0.2) is 0 Å². The molecule has 7 heavy (non-hydrogen) atoms. The van der Waals surface area contributed by atoms with E-state index in [1.54, 1.807) is 0 Å². The molecular weight excluding hydrogens is 92.1 g/mol. The van der Waals surface area contributed by atoms with E-state index in [4.69, 9.17) is 5.21 Å². The van der Waals surface area contributed by atoms with E-state index in [-0.39, 0.29) is 0 Å². The molecule has 1 aliphatic rings. The van der Waals surface area contributed by atoms with Crippen molar-refractivity contribution in [3.05, 3.63) is 0 Å². The summed E-state index contributed by atoms with van der Waals surface area (Å²) in [5.41, 5.74) is 0. The van der Waals surface area contributed by atoms with Gasteiger partial charge >= 0.3 is 0 Å². The zero-order valence-electron chi connectivity index (χ0n) is 4.35. The molecule has 0 bridgehead atoms. The van der Waals surface area contributed by atoms with Crippen molar-refractivity contribution in [2.75, 3.05) is 13.1 Å². The zero-order chi connectivity index (χ0) is 5.54. The van der Waals surface area contributed by atoms with Crippen LogP contribution in [-0.2, 0) is 0 Å². The van der Waals surface area contributed by atoms with Crippen molar-refractivity contribution in [1.82, 2.24) is 5.32 Å². The molecule has 3 nitrogen and oxygen atoms in total. The Balaban J connectivity index is 0.000000162. The highest BCUT2D eigenvalue weighted by atomic mass is 16.4. The van der Waals surface area contributed by atoms with E-state index in [1.807, 2.05) is 0 Å². The van der Waals surface area contributed by atoms with Gasteiger partial charge in [-0.05, 0) is 25.9 Å². The fourth-order valence-corrected chi connectivity index (χ4v) is 0.625. The summed E-state index contributed by atoms with van der Waals surface area (Å²) in [6.07, 6.45) is 2.78. The van der Waals surface area contributed by atoms with Crippen molar-refractivity contribution in [3.63, 3.8) is 0 Å². The largest absolute Gasteiger partial charge is 0.320 e. The molecule has 0 atom stereocenters. The van der Waals surface area contributed by atoms with Crippen LogP contribution in [0.5, 0.6) is 0 Å². The highest BCUT2D eigenvalue weighted by Crippen LogP contribution is 1.90. The summed E-state index contributed by atoms with van der Waals surface area (Å²) in [4.78, 5) is 0. The van der Waals surface area contributed by atoms with Crippen LogP contribution in [0.2, 0.25) is 0 Å². The van der Waals surface area contributed by atoms with Crippen LogP contribution in [0.25, 0.3) is 0 Å². The molecule has 3 heteroatoms. The van der Waals surface area contributed by atoms with Gasteiger partial charge in [-0.1, -0.05) is 0 Å². The predicted molar refractivity (Wildman–Crippen MR) is 28.1 cm³/mol. The maximum absolute atomic E-state index is 6.50. The summed E-state index contributed by atoms with van der Waals surface area (Å²) in [7, 11) is 0. The second-order valence-electron chi connectivity index (χ2n) is 1.46. The Morgan fingerprint density at radius 3 is 1.71 bits per heavy atom. The van der Waals surface area contributed by atoms with Crippen molar-refractivity contribution in [2.24, 2.45) is 5.90 Å². The number of nitrogens with two attached hydrogens (primary N) is 1. The molecule has 1 heterocycles. The molecule has 0 aliphatic carbocycles. The van der Waals surface area contributed by atoms with Crippen LogP contribution < -0.4 is 11.2 Å². The van der Waals surface area contributed by atoms with E-state index in [0.717, 1.165) is 0 Å². The molecule has 1 aliphatic heterocycles. The Bertz CT molecular complexity index is 21.3. The van der Waals surface area contributed by atoms with Crippen LogP contribution in [0.1, 0.15) is 12.8 Å². The molecule has 44 valence electrons. The quantitative estimate of drug-likeness (QED) is 0.370. The molecule has 0 unspecified atom stereocenters. The summed E-state index contributed by atoms with van der Waals surface area (Å²) in [6, 6.07) is 0. The second-order valence-corrected chi connectivity index (χ2v) is 1.46. The molecule has 1 fully saturated rings. The van der Waals surface area contributed by atoms with Gasteiger partial charge in [0.2, 0.25) is 0 Å². The van der Waals surface area contributed by atoms with Gasteiger partial charge in [0.25, 0.3) is 0 Å². The van der Waals surface area contributed by atoms with Crippen molar-refractivity contribution in [2.45, 2.75) is 12.8 Å². The van der Waals surface area contributed by atoms with Gasteiger partial charge in [0.1, 0.15) is 0 Å². The standard InChI is InChI=1S/C4H9N.H3NO/c1-2-4-5-3-1;1-2/h5H,1-4H2;2H,1H2. The third-order valence-electron chi connectivity index (χ3n) is 0.957.